The molecule has 0 saturated heterocycles. The summed E-state index contributed by atoms with van der Waals surface area (Å²) in [7, 11) is 0. The summed E-state index contributed by atoms with van der Waals surface area (Å²) in [5.41, 5.74) is 1.85. The molecule has 1 heterocycles. The molecule has 0 unspecified atom stereocenters. The van der Waals surface area contributed by atoms with Gasteiger partial charge in [-0.2, -0.15) is 0 Å². The van der Waals surface area contributed by atoms with Gasteiger partial charge in [0.2, 0.25) is 0 Å². The van der Waals surface area contributed by atoms with Gasteiger partial charge in [-0.1, -0.05) is 28.1 Å². The summed E-state index contributed by atoms with van der Waals surface area (Å²) >= 11 is 3.39. The van der Waals surface area contributed by atoms with Crippen LogP contribution in [0.5, 0.6) is 0 Å². The fourth-order valence-electron chi connectivity index (χ4n) is 1.49. The Morgan fingerprint density at radius 2 is 1.94 bits per heavy atom. The summed E-state index contributed by atoms with van der Waals surface area (Å²) in [5.74, 6) is 0.635. The van der Waals surface area contributed by atoms with Gasteiger partial charge in [0.15, 0.2) is 0 Å². The molecule has 0 aliphatic heterocycles. The van der Waals surface area contributed by atoms with Crippen LogP contribution in [0, 0.1) is 0 Å². The first-order chi connectivity index (χ1) is 8.15. The molecule has 0 radical (unpaired) electrons. The number of nitrogens with zero attached hydrogens (tertiary/aromatic N) is 2. The monoisotopic (exact) mass is 290 g/mol. The van der Waals surface area contributed by atoms with Crippen molar-refractivity contribution in [2.75, 3.05) is 0 Å². The fraction of sp³-hybridized carbons (Fsp3) is 0.154. The van der Waals surface area contributed by atoms with Crippen LogP contribution in [-0.2, 0) is 11.2 Å². The fourth-order valence-corrected chi connectivity index (χ4v) is 1.75. The maximum absolute atomic E-state index is 11.0. The molecule has 0 amide bonds. The smallest absolute Gasteiger partial charge is 0.137 e. The van der Waals surface area contributed by atoms with Gasteiger partial charge in [0.1, 0.15) is 11.6 Å². The summed E-state index contributed by atoms with van der Waals surface area (Å²) in [6, 6.07) is 9.71. The zero-order valence-corrected chi connectivity index (χ0v) is 10.9. The number of hydrogen-bond donors (Lipinski definition) is 0. The van der Waals surface area contributed by atoms with Crippen LogP contribution in [0.2, 0.25) is 0 Å². The van der Waals surface area contributed by atoms with E-state index >= 15 is 0 Å². The Hall–Kier alpha value is -1.55. The summed E-state index contributed by atoms with van der Waals surface area (Å²) in [5, 5.41) is 0. The Kier molecular flexibility index (Phi) is 3.64. The van der Waals surface area contributed by atoms with Crippen molar-refractivity contribution >= 4 is 21.7 Å². The van der Waals surface area contributed by atoms with Crippen molar-refractivity contribution in [1.82, 2.24) is 9.97 Å². The molecule has 17 heavy (non-hydrogen) atoms. The molecular weight excluding hydrogens is 280 g/mol. The minimum Gasteiger partial charge on any atom is -0.300 e. The van der Waals surface area contributed by atoms with Gasteiger partial charge in [0, 0.05) is 16.2 Å². The minimum absolute atomic E-state index is 0.0676. The van der Waals surface area contributed by atoms with E-state index in [1.165, 1.54) is 6.92 Å². The third-order valence-electron chi connectivity index (χ3n) is 2.25. The molecule has 1 aromatic heterocycles. The highest BCUT2D eigenvalue weighted by molar-refractivity contribution is 9.10. The molecule has 0 N–H and O–H groups in total. The molecular formula is C13H11BrN2O. The lowest BCUT2D eigenvalue weighted by molar-refractivity contribution is -0.116. The molecule has 2 aromatic rings. The number of aromatic nitrogens is 2. The van der Waals surface area contributed by atoms with Crippen molar-refractivity contribution in [3.8, 4) is 11.3 Å². The van der Waals surface area contributed by atoms with Crippen LogP contribution in [0.15, 0.2) is 41.0 Å². The van der Waals surface area contributed by atoms with Crippen LogP contribution < -0.4 is 0 Å². The summed E-state index contributed by atoms with van der Waals surface area (Å²) in [4.78, 5) is 19.5. The summed E-state index contributed by atoms with van der Waals surface area (Å²) in [6.07, 6.45) is 1.97. The normalized spacial score (nSPS) is 10.2. The molecule has 0 saturated carbocycles. The average Bonchev–Trinajstić information content (AvgIpc) is 2.29. The molecule has 0 bridgehead atoms. The van der Waals surface area contributed by atoms with Gasteiger partial charge < -0.3 is 0 Å². The second-order valence-corrected chi connectivity index (χ2v) is 4.66. The average molecular weight is 291 g/mol. The maximum Gasteiger partial charge on any atom is 0.137 e. The predicted octanol–water partition coefficient (Wildman–Crippen LogP) is 3.04. The molecule has 0 aliphatic carbocycles. The predicted molar refractivity (Wildman–Crippen MR) is 69.6 cm³/mol. The van der Waals surface area contributed by atoms with E-state index in [2.05, 4.69) is 25.9 Å². The highest BCUT2D eigenvalue weighted by Gasteiger charge is 2.04. The molecule has 2 rings (SSSR count). The van der Waals surface area contributed by atoms with Crippen LogP contribution in [-0.4, -0.2) is 15.8 Å². The third-order valence-corrected chi connectivity index (χ3v) is 2.78. The summed E-state index contributed by atoms with van der Waals surface area (Å²) in [6.45, 7) is 1.54. The van der Waals surface area contributed by atoms with Gasteiger partial charge in [-0.05, 0) is 25.1 Å². The van der Waals surface area contributed by atoms with E-state index in [0.29, 0.717) is 5.82 Å². The lowest BCUT2D eigenvalue weighted by Crippen LogP contribution is -2.02. The van der Waals surface area contributed by atoms with Gasteiger partial charge >= 0.3 is 0 Å². The number of benzene rings is 1. The highest BCUT2D eigenvalue weighted by Crippen LogP contribution is 2.19. The standard InChI is InChI=1S/C13H11BrN2O/c1-9(17)8-13-15-7-6-12(16-13)10-2-4-11(14)5-3-10/h2-7H,8H2,1H3. The number of carbonyl (C=O) groups is 1. The Morgan fingerprint density at radius 1 is 1.24 bits per heavy atom. The van der Waals surface area contributed by atoms with Gasteiger partial charge in [-0.3, -0.25) is 4.79 Å². The molecule has 4 heteroatoms. The van der Waals surface area contributed by atoms with E-state index in [9.17, 15) is 4.79 Å². The minimum atomic E-state index is 0.0676. The number of hydrogen-bond acceptors (Lipinski definition) is 3. The number of Topliss-reactive ketones (excluding diaryl/α,β-unsaturated/α-hetero) is 1. The Morgan fingerprint density at radius 3 is 2.59 bits per heavy atom. The second kappa shape index (κ2) is 5.19. The van der Waals surface area contributed by atoms with Gasteiger partial charge in [0.25, 0.3) is 0 Å². The van der Waals surface area contributed by atoms with E-state index in [4.69, 9.17) is 0 Å². The molecule has 0 fully saturated rings. The molecule has 86 valence electrons. The number of carbonyl (C=O) groups excluding carboxylic acids is 1. The zero-order chi connectivity index (χ0) is 12.3. The number of rotatable bonds is 3. The quantitative estimate of drug-likeness (QED) is 0.873. The first-order valence-electron chi connectivity index (χ1n) is 5.22. The third kappa shape index (κ3) is 3.20. The van der Waals surface area contributed by atoms with Gasteiger partial charge in [-0.15, -0.1) is 0 Å². The maximum atomic E-state index is 11.0. The Balaban J connectivity index is 2.32. The Bertz CT molecular complexity index is 537. The SMILES string of the molecule is CC(=O)Cc1nccc(-c2ccc(Br)cc2)n1. The number of ketones is 1. The Labute approximate surface area is 108 Å². The van der Waals surface area contributed by atoms with E-state index in [1.54, 1.807) is 6.20 Å². The number of halogens is 1. The van der Waals surface area contributed by atoms with Crippen LogP contribution in [0.3, 0.4) is 0 Å². The van der Waals surface area contributed by atoms with Crippen molar-refractivity contribution in [3.05, 3.63) is 46.8 Å². The van der Waals surface area contributed by atoms with Crippen LogP contribution >= 0.6 is 15.9 Å². The van der Waals surface area contributed by atoms with Crippen molar-refractivity contribution in [3.63, 3.8) is 0 Å². The van der Waals surface area contributed by atoms with E-state index in [-0.39, 0.29) is 12.2 Å². The van der Waals surface area contributed by atoms with Crippen molar-refractivity contribution in [2.45, 2.75) is 13.3 Å². The van der Waals surface area contributed by atoms with E-state index in [0.717, 1.165) is 15.7 Å². The first kappa shape index (κ1) is 11.9. The second-order valence-electron chi connectivity index (χ2n) is 3.74. The van der Waals surface area contributed by atoms with E-state index in [1.807, 2.05) is 30.3 Å². The zero-order valence-electron chi connectivity index (χ0n) is 9.35. The molecule has 0 spiro atoms. The molecule has 3 nitrogen and oxygen atoms in total. The molecule has 0 atom stereocenters. The van der Waals surface area contributed by atoms with Crippen molar-refractivity contribution in [2.24, 2.45) is 0 Å². The van der Waals surface area contributed by atoms with Gasteiger partial charge in [-0.25, -0.2) is 9.97 Å². The lowest BCUT2D eigenvalue weighted by atomic mass is 10.1. The van der Waals surface area contributed by atoms with Gasteiger partial charge in [0.05, 0.1) is 12.1 Å². The van der Waals surface area contributed by atoms with Crippen molar-refractivity contribution in [1.29, 1.82) is 0 Å². The highest BCUT2D eigenvalue weighted by atomic mass is 79.9. The van der Waals surface area contributed by atoms with Crippen LogP contribution in [0.4, 0.5) is 0 Å². The van der Waals surface area contributed by atoms with E-state index < -0.39 is 0 Å². The largest absolute Gasteiger partial charge is 0.300 e. The molecule has 0 aliphatic rings. The molecule has 1 aromatic carbocycles. The van der Waals surface area contributed by atoms with Crippen LogP contribution in [0.25, 0.3) is 11.3 Å². The topological polar surface area (TPSA) is 42.9 Å². The van der Waals surface area contributed by atoms with Crippen LogP contribution in [0.1, 0.15) is 12.7 Å². The first-order valence-corrected chi connectivity index (χ1v) is 6.02. The lowest BCUT2D eigenvalue weighted by Gasteiger charge is -2.02. The van der Waals surface area contributed by atoms with Crippen molar-refractivity contribution < 1.29 is 4.79 Å². The summed E-state index contributed by atoms with van der Waals surface area (Å²) < 4.78 is 1.03.